The lowest BCUT2D eigenvalue weighted by atomic mass is 9.75. The van der Waals surface area contributed by atoms with E-state index in [2.05, 4.69) is 108 Å². The van der Waals surface area contributed by atoms with E-state index in [-0.39, 0.29) is 16.8 Å². The highest BCUT2D eigenvalue weighted by Gasteiger charge is 2.44. The first-order valence-corrected chi connectivity index (χ1v) is 12.5. The van der Waals surface area contributed by atoms with Crippen LogP contribution in [0, 0.1) is 0 Å². The Labute approximate surface area is 210 Å². The SMILES string of the molecule is CC(=O)Oc1c(C(C)(C)C)cc2c(c1C(C)(C)C)CC(Cc1ccccc1)(Cc1ccccc1)O2. The first-order chi connectivity index (χ1) is 16.4. The van der Waals surface area contributed by atoms with Crippen LogP contribution in [-0.2, 0) is 34.9 Å². The highest BCUT2D eigenvalue weighted by Crippen LogP contribution is 2.51. The predicted molar refractivity (Wildman–Crippen MR) is 143 cm³/mol. The molecule has 35 heavy (non-hydrogen) atoms. The van der Waals surface area contributed by atoms with Crippen molar-refractivity contribution < 1.29 is 14.3 Å². The van der Waals surface area contributed by atoms with Crippen LogP contribution in [0.15, 0.2) is 66.7 Å². The molecule has 3 aromatic carbocycles. The van der Waals surface area contributed by atoms with Gasteiger partial charge in [-0.1, -0.05) is 102 Å². The smallest absolute Gasteiger partial charge is 0.308 e. The van der Waals surface area contributed by atoms with Crippen LogP contribution in [0.25, 0.3) is 0 Å². The summed E-state index contributed by atoms with van der Waals surface area (Å²) in [5, 5.41) is 0. The summed E-state index contributed by atoms with van der Waals surface area (Å²) >= 11 is 0. The standard InChI is InChI=1S/C32H38O3/c1-22(33)34-29-26(30(2,3)4)18-27-25(28(29)31(5,6)7)21-32(35-27,19-23-14-10-8-11-15-23)20-24-16-12-9-13-17-24/h8-18H,19-21H2,1-7H3. The van der Waals surface area contributed by atoms with Crippen LogP contribution in [-0.4, -0.2) is 11.6 Å². The molecule has 1 heterocycles. The molecule has 0 unspecified atom stereocenters. The molecule has 0 bridgehead atoms. The van der Waals surface area contributed by atoms with Gasteiger partial charge < -0.3 is 9.47 Å². The molecule has 184 valence electrons. The van der Waals surface area contributed by atoms with Gasteiger partial charge in [-0.2, -0.15) is 0 Å². The number of fused-ring (bicyclic) bond motifs is 1. The molecule has 0 radical (unpaired) electrons. The molecule has 0 amide bonds. The summed E-state index contributed by atoms with van der Waals surface area (Å²) in [6.45, 7) is 14.5. The summed E-state index contributed by atoms with van der Waals surface area (Å²) in [5.41, 5.74) is 4.89. The molecular weight excluding hydrogens is 432 g/mol. The monoisotopic (exact) mass is 470 g/mol. The Bertz CT molecular complexity index is 1150. The molecule has 0 spiro atoms. The molecule has 0 fully saturated rings. The molecule has 0 atom stereocenters. The van der Waals surface area contributed by atoms with E-state index < -0.39 is 5.60 Å². The zero-order valence-electron chi connectivity index (χ0n) is 22.2. The van der Waals surface area contributed by atoms with Gasteiger partial charge in [0.1, 0.15) is 17.1 Å². The summed E-state index contributed by atoms with van der Waals surface area (Å²) in [6.07, 6.45) is 2.36. The Balaban J connectivity index is 1.90. The Morgan fingerprint density at radius 2 is 1.37 bits per heavy atom. The van der Waals surface area contributed by atoms with Crippen molar-refractivity contribution >= 4 is 5.97 Å². The van der Waals surface area contributed by atoms with Crippen LogP contribution in [0.1, 0.15) is 76.3 Å². The highest BCUT2D eigenvalue weighted by molar-refractivity contribution is 5.73. The Morgan fingerprint density at radius 3 is 1.80 bits per heavy atom. The van der Waals surface area contributed by atoms with Gasteiger partial charge >= 0.3 is 5.97 Å². The van der Waals surface area contributed by atoms with Crippen molar-refractivity contribution in [3.8, 4) is 11.5 Å². The third-order valence-corrected chi connectivity index (χ3v) is 6.71. The molecule has 3 heteroatoms. The molecule has 0 N–H and O–H groups in total. The number of esters is 1. The normalized spacial score (nSPS) is 14.8. The molecule has 0 saturated carbocycles. The van der Waals surface area contributed by atoms with Crippen molar-refractivity contribution in [3.63, 3.8) is 0 Å². The second kappa shape index (κ2) is 9.18. The van der Waals surface area contributed by atoms with Crippen molar-refractivity contribution in [3.05, 3.63) is 94.5 Å². The lowest BCUT2D eigenvalue weighted by molar-refractivity contribution is -0.132. The zero-order chi connectivity index (χ0) is 25.4. The van der Waals surface area contributed by atoms with Gasteiger partial charge in [-0.25, -0.2) is 0 Å². The van der Waals surface area contributed by atoms with Gasteiger partial charge in [0.15, 0.2) is 0 Å². The molecule has 0 aromatic heterocycles. The molecule has 0 aliphatic carbocycles. The van der Waals surface area contributed by atoms with Crippen LogP contribution >= 0.6 is 0 Å². The molecule has 3 nitrogen and oxygen atoms in total. The van der Waals surface area contributed by atoms with Crippen LogP contribution in [0.2, 0.25) is 0 Å². The van der Waals surface area contributed by atoms with E-state index in [1.54, 1.807) is 0 Å². The summed E-state index contributed by atoms with van der Waals surface area (Å²) in [6, 6.07) is 23.3. The summed E-state index contributed by atoms with van der Waals surface area (Å²) in [7, 11) is 0. The Morgan fingerprint density at radius 1 is 0.857 bits per heavy atom. The zero-order valence-corrected chi connectivity index (χ0v) is 22.2. The second-order valence-electron chi connectivity index (χ2n) is 12.0. The first-order valence-electron chi connectivity index (χ1n) is 12.5. The number of hydrogen-bond donors (Lipinski definition) is 0. The van der Waals surface area contributed by atoms with Gasteiger partial charge in [0.2, 0.25) is 0 Å². The number of ether oxygens (including phenoxy) is 2. The minimum atomic E-state index is -0.422. The maximum atomic E-state index is 12.2. The molecule has 1 aliphatic heterocycles. The van der Waals surface area contributed by atoms with E-state index in [0.717, 1.165) is 41.7 Å². The fourth-order valence-corrected chi connectivity index (χ4v) is 5.33. The average molecular weight is 471 g/mol. The predicted octanol–water partition coefficient (Wildman–Crippen LogP) is 7.37. The molecule has 1 aliphatic rings. The summed E-state index contributed by atoms with van der Waals surface area (Å²) < 4.78 is 13.0. The van der Waals surface area contributed by atoms with Crippen molar-refractivity contribution in [2.45, 2.75) is 84.2 Å². The van der Waals surface area contributed by atoms with Crippen molar-refractivity contribution in [1.29, 1.82) is 0 Å². The lowest BCUT2D eigenvalue weighted by Gasteiger charge is -2.30. The second-order valence-corrected chi connectivity index (χ2v) is 12.0. The van der Waals surface area contributed by atoms with Gasteiger partial charge in [0, 0.05) is 42.9 Å². The van der Waals surface area contributed by atoms with Gasteiger partial charge in [0.25, 0.3) is 0 Å². The Kier molecular flexibility index (Phi) is 6.57. The lowest BCUT2D eigenvalue weighted by Crippen LogP contribution is -2.39. The molecule has 4 rings (SSSR count). The highest BCUT2D eigenvalue weighted by atomic mass is 16.5. The number of rotatable bonds is 5. The molecule has 3 aromatic rings. The van der Waals surface area contributed by atoms with E-state index in [9.17, 15) is 4.79 Å². The number of hydrogen-bond acceptors (Lipinski definition) is 3. The van der Waals surface area contributed by atoms with E-state index in [4.69, 9.17) is 9.47 Å². The van der Waals surface area contributed by atoms with E-state index in [1.807, 2.05) is 0 Å². The van der Waals surface area contributed by atoms with Crippen molar-refractivity contribution in [1.82, 2.24) is 0 Å². The number of benzene rings is 3. The summed E-state index contributed by atoms with van der Waals surface area (Å²) in [5.74, 6) is 1.33. The van der Waals surface area contributed by atoms with Crippen molar-refractivity contribution in [2.75, 3.05) is 0 Å². The van der Waals surface area contributed by atoms with Crippen LogP contribution in [0.4, 0.5) is 0 Å². The topological polar surface area (TPSA) is 35.5 Å². The van der Waals surface area contributed by atoms with E-state index in [0.29, 0.717) is 5.75 Å². The van der Waals surface area contributed by atoms with Gasteiger partial charge in [0.05, 0.1) is 0 Å². The maximum absolute atomic E-state index is 12.2. The Hall–Kier alpha value is -3.07. The third kappa shape index (κ3) is 5.45. The number of carbonyl (C=O) groups is 1. The van der Waals surface area contributed by atoms with E-state index in [1.165, 1.54) is 18.1 Å². The first kappa shape index (κ1) is 25.0. The van der Waals surface area contributed by atoms with Crippen LogP contribution in [0.3, 0.4) is 0 Å². The van der Waals surface area contributed by atoms with Crippen molar-refractivity contribution in [2.24, 2.45) is 0 Å². The minimum Gasteiger partial charge on any atom is -0.486 e. The fraction of sp³-hybridized carbons (Fsp3) is 0.406. The number of carbonyl (C=O) groups excluding carboxylic acids is 1. The third-order valence-electron chi connectivity index (χ3n) is 6.71. The molecular formula is C32H38O3. The molecule has 0 saturated heterocycles. The minimum absolute atomic E-state index is 0.215. The van der Waals surface area contributed by atoms with Gasteiger partial charge in [-0.05, 0) is 28.0 Å². The van der Waals surface area contributed by atoms with Gasteiger partial charge in [-0.15, -0.1) is 0 Å². The van der Waals surface area contributed by atoms with E-state index >= 15 is 0 Å². The largest absolute Gasteiger partial charge is 0.486 e. The average Bonchev–Trinajstić information content (AvgIpc) is 3.09. The quantitative estimate of drug-likeness (QED) is 0.288. The summed E-state index contributed by atoms with van der Waals surface area (Å²) in [4.78, 5) is 12.2. The maximum Gasteiger partial charge on any atom is 0.308 e. The fourth-order valence-electron chi connectivity index (χ4n) is 5.33. The van der Waals surface area contributed by atoms with Crippen LogP contribution < -0.4 is 9.47 Å². The van der Waals surface area contributed by atoms with Gasteiger partial charge in [-0.3, -0.25) is 4.79 Å². The van der Waals surface area contributed by atoms with Crippen LogP contribution in [0.5, 0.6) is 11.5 Å².